The van der Waals surface area contributed by atoms with E-state index in [1.54, 1.807) is 25.3 Å². The summed E-state index contributed by atoms with van der Waals surface area (Å²) in [7, 11) is 0. The number of fused-ring (bicyclic) bond motifs is 1. The highest BCUT2D eigenvalue weighted by molar-refractivity contribution is 8.18. The Kier molecular flexibility index (Phi) is 7.00. The summed E-state index contributed by atoms with van der Waals surface area (Å²) in [5.41, 5.74) is 3.15. The van der Waals surface area contributed by atoms with Crippen LogP contribution in [0.15, 0.2) is 46.1 Å². The maximum Gasteiger partial charge on any atom is 0.346 e. The molecule has 0 aliphatic carbocycles. The Morgan fingerprint density at radius 3 is 2.65 bits per heavy atom. The van der Waals surface area contributed by atoms with Gasteiger partial charge >= 0.3 is 5.97 Å². The van der Waals surface area contributed by atoms with E-state index in [-0.39, 0.29) is 24.5 Å². The third kappa shape index (κ3) is 4.12. The number of aromatic nitrogens is 1. The number of carbonyl (C=O) groups excluding carboxylic acids is 1. The first-order valence-corrected chi connectivity index (χ1v) is 12.6. The van der Waals surface area contributed by atoms with Crippen molar-refractivity contribution in [2.24, 2.45) is 10.9 Å². The summed E-state index contributed by atoms with van der Waals surface area (Å²) in [4.78, 5) is 24.9. The van der Waals surface area contributed by atoms with Crippen LogP contribution >= 0.6 is 35.0 Å². The van der Waals surface area contributed by atoms with E-state index in [4.69, 9.17) is 32.9 Å². The minimum absolute atomic E-state index is 0.0149. The van der Waals surface area contributed by atoms with E-state index in [9.17, 15) is 9.18 Å². The number of pyridine rings is 1. The second kappa shape index (κ2) is 9.51. The Hall–Kier alpha value is -2.09. The van der Waals surface area contributed by atoms with Gasteiger partial charge in [-0.05, 0) is 67.8 Å². The molecule has 2 atom stereocenters. The highest BCUT2D eigenvalue weighted by Crippen LogP contribution is 2.56. The van der Waals surface area contributed by atoms with Crippen molar-refractivity contribution in [3.8, 4) is 0 Å². The van der Waals surface area contributed by atoms with Crippen LogP contribution < -0.4 is 0 Å². The molecule has 1 aromatic carbocycles. The van der Waals surface area contributed by atoms with Gasteiger partial charge in [-0.3, -0.25) is 0 Å². The van der Waals surface area contributed by atoms with Crippen LogP contribution in [0.5, 0.6) is 0 Å². The fourth-order valence-electron chi connectivity index (χ4n) is 4.60. The van der Waals surface area contributed by atoms with Gasteiger partial charge in [-0.1, -0.05) is 43.1 Å². The van der Waals surface area contributed by atoms with E-state index in [1.807, 2.05) is 39.8 Å². The third-order valence-electron chi connectivity index (χ3n) is 6.20. The van der Waals surface area contributed by atoms with Crippen LogP contribution in [0, 0.1) is 12.8 Å². The number of benzene rings is 1. The molecule has 0 saturated heterocycles. The van der Waals surface area contributed by atoms with Crippen molar-refractivity contribution in [3.63, 3.8) is 0 Å². The average Bonchev–Trinajstić information content (AvgIpc) is 3.27. The van der Waals surface area contributed by atoms with Crippen LogP contribution in [0.3, 0.4) is 0 Å². The number of allylic oxidation sites excluding steroid dienone is 1. The number of halogens is 3. The lowest BCUT2D eigenvalue weighted by Gasteiger charge is -2.37. The number of nitrogens with zero attached hydrogens (tertiary/aromatic N) is 3. The lowest BCUT2D eigenvalue weighted by molar-refractivity contribution is -0.137. The molecule has 0 fully saturated rings. The molecule has 2 aromatic rings. The molecule has 0 radical (unpaired) electrons. The van der Waals surface area contributed by atoms with Crippen molar-refractivity contribution < 1.29 is 13.9 Å². The number of amidine groups is 1. The fraction of sp³-hybridized carbons (Fsp3) is 0.400. The molecule has 0 spiro atoms. The van der Waals surface area contributed by atoms with Gasteiger partial charge in [-0.15, -0.1) is 0 Å². The van der Waals surface area contributed by atoms with Gasteiger partial charge in [-0.2, -0.15) is 0 Å². The third-order valence-corrected chi connectivity index (χ3v) is 7.83. The molecule has 0 N–H and O–H groups in total. The predicted octanol–water partition coefficient (Wildman–Crippen LogP) is 6.97. The second-order valence-corrected chi connectivity index (χ2v) is 10.6. The van der Waals surface area contributed by atoms with Gasteiger partial charge in [0.05, 0.1) is 12.6 Å². The van der Waals surface area contributed by atoms with Crippen molar-refractivity contribution in [3.05, 3.63) is 73.5 Å². The number of rotatable bonds is 6. The molecule has 1 aromatic heterocycles. The quantitative estimate of drug-likeness (QED) is 0.303. The van der Waals surface area contributed by atoms with Crippen molar-refractivity contribution in [1.82, 2.24) is 9.88 Å². The Morgan fingerprint density at radius 1 is 1.32 bits per heavy atom. The number of ether oxygens (including phenoxy) is 1. The van der Waals surface area contributed by atoms with Crippen molar-refractivity contribution >= 4 is 46.1 Å². The zero-order valence-corrected chi connectivity index (χ0v) is 22.0. The Morgan fingerprint density at radius 2 is 2.06 bits per heavy atom. The van der Waals surface area contributed by atoms with E-state index in [1.165, 1.54) is 11.8 Å². The molecular weight excluding hydrogens is 496 g/mol. The molecule has 2 aliphatic rings. The molecule has 4 rings (SSSR count). The minimum Gasteiger partial charge on any atom is -0.462 e. The summed E-state index contributed by atoms with van der Waals surface area (Å²) >= 11 is 13.7. The minimum atomic E-state index is -0.771. The summed E-state index contributed by atoms with van der Waals surface area (Å²) < 4.78 is 19.2. The van der Waals surface area contributed by atoms with Crippen molar-refractivity contribution in [2.75, 3.05) is 6.61 Å². The molecular formula is C25H26Cl2FN3O2S. The number of alkyl halides is 1. The zero-order valence-electron chi connectivity index (χ0n) is 19.7. The highest BCUT2D eigenvalue weighted by atomic mass is 35.5. The number of aryl methyl sites for hydroxylation is 1. The van der Waals surface area contributed by atoms with Crippen LogP contribution in [-0.4, -0.2) is 27.6 Å². The van der Waals surface area contributed by atoms with Gasteiger partial charge in [0, 0.05) is 28.0 Å². The monoisotopic (exact) mass is 521 g/mol. The molecule has 9 heteroatoms. The molecule has 2 aliphatic heterocycles. The molecule has 34 heavy (non-hydrogen) atoms. The number of thioether (sulfide) groups is 1. The van der Waals surface area contributed by atoms with Crippen LogP contribution in [0.2, 0.25) is 10.2 Å². The number of hydrogen-bond acceptors (Lipinski definition) is 6. The predicted molar refractivity (Wildman–Crippen MR) is 136 cm³/mol. The number of hydrogen-bond donors (Lipinski definition) is 0. The number of esters is 1. The number of carbonyl (C=O) groups is 1. The van der Waals surface area contributed by atoms with Crippen LogP contribution in [0.25, 0.3) is 0 Å². The van der Waals surface area contributed by atoms with E-state index >= 15 is 0 Å². The molecule has 3 heterocycles. The van der Waals surface area contributed by atoms with E-state index in [2.05, 4.69) is 9.88 Å². The topological polar surface area (TPSA) is 54.8 Å². The first-order chi connectivity index (χ1) is 16.1. The van der Waals surface area contributed by atoms with E-state index in [0.29, 0.717) is 25.8 Å². The summed E-state index contributed by atoms with van der Waals surface area (Å²) in [5, 5.41) is 1.48. The van der Waals surface area contributed by atoms with E-state index < -0.39 is 12.2 Å². The fourth-order valence-corrected chi connectivity index (χ4v) is 6.28. The summed E-state index contributed by atoms with van der Waals surface area (Å²) in [6, 6.07) is 6.89. The Bertz CT molecular complexity index is 1200. The summed E-state index contributed by atoms with van der Waals surface area (Å²) in [6.07, 6.45) is 1.72. The molecule has 0 saturated carbocycles. The molecule has 0 bridgehead atoms. The first kappa shape index (κ1) is 25.0. The maximum absolute atomic E-state index is 13.8. The zero-order chi connectivity index (χ0) is 24.8. The van der Waals surface area contributed by atoms with Gasteiger partial charge in [0.1, 0.15) is 22.3 Å². The highest BCUT2D eigenvalue weighted by Gasteiger charge is 2.53. The second-order valence-electron chi connectivity index (χ2n) is 8.81. The summed E-state index contributed by atoms with van der Waals surface area (Å²) in [6.45, 7) is 9.45. The average molecular weight is 522 g/mol. The maximum atomic E-state index is 13.8. The largest absolute Gasteiger partial charge is 0.462 e. The van der Waals surface area contributed by atoms with Gasteiger partial charge in [0.2, 0.25) is 0 Å². The van der Waals surface area contributed by atoms with E-state index in [0.717, 1.165) is 22.4 Å². The van der Waals surface area contributed by atoms with Crippen LogP contribution in [-0.2, 0) is 21.7 Å². The normalized spacial score (nSPS) is 21.9. The smallest absolute Gasteiger partial charge is 0.346 e. The lowest BCUT2D eigenvalue weighted by Crippen LogP contribution is -2.36. The van der Waals surface area contributed by atoms with Crippen molar-refractivity contribution in [1.29, 1.82) is 0 Å². The lowest BCUT2D eigenvalue weighted by atomic mass is 9.80. The van der Waals surface area contributed by atoms with Gasteiger partial charge in [0.25, 0.3) is 0 Å². The Labute approximate surface area is 213 Å². The van der Waals surface area contributed by atoms with Gasteiger partial charge < -0.3 is 9.64 Å². The number of aliphatic imine (C=N–C) groups is 1. The standard InChI is InChI=1S/C25H26Cl2FN3O2S/c1-6-33-23(32)21-20(13(2)3)31-22(17-10-15(11-28)18(26)9-14(17)4)25(5,30-24(31)34-21)16-7-8-19(27)29-12-16/h7-10,12-13,22H,6,11H2,1-5H3. The molecule has 0 amide bonds. The van der Waals surface area contributed by atoms with Crippen LogP contribution in [0.4, 0.5) is 4.39 Å². The molecule has 2 unspecified atom stereocenters. The molecule has 5 nitrogen and oxygen atoms in total. The first-order valence-electron chi connectivity index (χ1n) is 11.1. The molecule has 180 valence electrons. The van der Waals surface area contributed by atoms with Gasteiger partial charge in [0.15, 0.2) is 5.17 Å². The Balaban J connectivity index is 1.96. The van der Waals surface area contributed by atoms with Gasteiger partial charge in [-0.25, -0.2) is 19.2 Å². The van der Waals surface area contributed by atoms with Crippen LogP contribution in [0.1, 0.15) is 56.0 Å². The SMILES string of the molecule is CCOC(=O)C1=C(C(C)C)N2C(=NC(C)(c3ccc(Cl)nc3)C2c2cc(CF)c(Cl)cc2C)S1. The van der Waals surface area contributed by atoms with Crippen molar-refractivity contribution in [2.45, 2.75) is 52.9 Å². The summed E-state index contributed by atoms with van der Waals surface area (Å²) in [5.74, 6) is -0.347.